The fourth-order valence-electron chi connectivity index (χ4n) is 3.47. The van der Waals surface area contributed by atoms with E-state index in [4.69, 9.17) is 15.2 Å². The molecule has 172 valence electrons. The minimum Gasteiger partial charge on any atom is -0.489 e. The molecule has 0 aliphatic rings. The molecule has 7 nitrogen and oxygen atoms in total. The van der Waals surface area contributed by atoms with Crippen molar-refractivity contribution in [2.45, 2.75) is 33.3 Å². The van der Waals surface area contributed by atoms with Gasteiger partial charge in [0.25, 0.3) is 0 Å². The molecule has 0 saturated heterocycles. The molecule has 0 radical (unpaired) electrons. The van der Waals surface area contributed by atoms with E-state index in [0.29, 0.717) is 34.5 Å². The zero-order valence-corrected chi connectivity index (χ0v) is 19.1. The van der Waals surface area contributed by atoms with Crippen molar-refractivity contribution in [1.82, 2.24) is 14.5 Å². The normalized spacial score (nSPS) is 10.8. The monoisotopic (exact) mass is 457 g/mol. The summed E-state index contributed by atoms with van der Waals surface area (Å²) < 4.78 is 27.4. The summed E-state index contributed by atoms with van der Waals surface area (Å²) >= 11 is 0. The Bertz CT molecular complexity index is 1340. The first kappa shape index (κ1) is 22.8. The van der Waals surface area contributed by atoms with Crippen molar-refractivity contribution in [3.63, 3.8) is 0 Å². The average Bonchev–Trinajstić information content (AvgIpc) is 3.15. The highest BCUT2D eigenvalue weighted by molar-refractivity contribution is 5.62. The first-order valence-electron chi connectivity index (χ1n) is 10.7. The summed E-state index contributed by atoms with van der Waals surface area (Å²) in [6, 6.07) is 13.5. The maximum Gasteiger partial charge on any atom is 0.148 e. The van der Waals surface area contributed by atoms with E-state index in [1.54, 1.807) is 42.1 Å². The minimum absolute atomic E-state index is 0.193. The second kappa shape index (κ2) is 9.63. The van der Waals surface area contributed by atoms with Crippen molar-refractivity contribution in [2.75, 3.05) is 5.73 Å². The van der Waals surface area contributed by atoms with Crippen LogP contribution in [-0.4, -0.2) is 14.5 Å². The number of nitriles is 1. The third-order valence-electron chi connectivity index (χ3n) is 5.24. The fraction of sp³-hybridized carbons (Fsp3) is 0.192. The van der Waals surface area contributed by atoms with Crippen molar-refractivity contribution in [3.05, 3.63) is 89.5 Å². The molecule has 2 aromatic carbocycles. The number of hydrogen-bond acceptors (Lipinski definition) is 6. The second-order valence-electron chi connectivity index (χ2n) is 8.13. The smallest absolute Gasteiger partial charge is 0.148 e. The average molecular weight is 458 g/mol. The summed E-state index contributed by atoms with van der Waals surface area (Å²) in [6.07, 6.45) is 5.21. The van der Waals surface area contributed by atoms with Crippen LogP contribution in [0.15, 0.2) is 61.1 Å². The Kier molecular flexibility index (Phi) is 6.46. The highest BCUT2D eigenvalue weighted by Gasteiger charge is 2.16. The van der Waals surface area contributed by atoms with Gasteiger partial charge in [-0.05, 0) is 42.7 Å². The lowest BCUT2D eigenvalue weighted by Crippen LogP contribution is -1.99. The van der Waals surface area contributed by atoms with Gasteiger partial charge in [-0.3, -0.25) is 0 Å². The number of benzene rings is 2. The first-order chi connectivity index (χ1) is 16.3. The molecular weight excluding hydrogens is 433 g/mol. The molecule has 8 heteroatoms. The van der Waals surface area contributed by atoms with E-state index in [-0.39, 0.29) is 12.5 Å². The van der Waals surface area contributed by atoms with Crippen molar-refractivity contribution in [1.29, 1.82) is 5.26 Å². The molecular formula is C26H24FN5O2. The van der Waals surface area contributed by atoms with Gasteiger partial charge in [0.15, 0.2) is 0 Å². The predicted octanol–water partition coefficient (Wildman–Crippen LogP) is 5.66. The van der Waals surface area contributed by atoms with Gasteiger partial charge in [-0.2, -0.15) is 5.26 Å². The second-order valence-corrected chi connectivity index (χ2v) is 8.13. The van der Waals surface area contributed by atoms with Crippen LogP contribution < -0.4 is 15.2 Å². The van der Waals surface area contributed by atoms with E-state index >= 15 is 0 Å². The number of nitrogens with two attached hydrogens (primary N) is 1. The van der Waals surface area contributed by atoms with Gasteiger partial charge < -0.3 is 19.8 Å². The molecule has 0 aliphatic heterocycles. The zero-order valence-electron chi connectivity index (χ0n) is 19.1. The van der Waals surface area contributed by atoms with Crippen LogP contribution in [0.25, 0.3) is 5.69 Å². The third-order valence-corrected chi connectivity index (χ3v) is 5.24. The Morgan fingerprint density at radius 1 is 1.06 bits per heavy atom. The van der Waals surface area contributed by atoms with E-state index < -0.39 is 5.82 Å². The van der Waals surface area contributed by atoms with E-state index in [2.05, 4.69) is 16.0 Å². The fourth-order valence-corrected chi connectivity index (χ4v) is 3.47. The van der Waals surface area contributed by atoms with Gasteiger partial charge in [-0.1, -0.05) is 13.8 Å². The van der Waals surface area contributed by atoms with E-state index in [1.807, 2.05) is 32.2 Å². The Morgan fingerprint density at radius 2 is 1.74 bits per heavy atom. The molecule has 34 heavy (non-hydrogen) atoms. The van der Waals surface area contributed by atoms with Gasteiger partial charge in [0.05, 0.1) is 5.69 Å². The van der Waals surface area contributed by atoms with E-state index in [9.17, 15) is 9.65 Å². The summed E-state index contributed by atoms with van der Waals surface area (Å²) in [6.45, 7) is 6.06. The molecule has 0 fully saturated rings. The molecule has 2 heterocycles. The Hall–Kier alpha value is -4.38. The van der Waals surface area contributed by atoms with Crippen LogP contribution in [0.1, 0.15) is 42.4 Å². The summed E-state index contributed by atoms with van der Waals surface area (Å²) in [7, 11) is 0. The third kappa shape index (κ3) is 4.99. The van der Waals surface area contributed by atoms with Crippen molar-refractivity contribution in [3.8, 4) is 29.0 Å². The SMILES string of the molecule is Cc1ncc(COc2cc(F)cc(Oc3ccc(-n4cc(C(C)C)c(N)c4C#N)cc3)c2)cn1. The lowest BCUT2D eigenvalue weighted by Gasteiger charge is -2.11. The van der Waals surface area contributed by atoms with E-state index in [0.717, 1.165) is 16.8 Å². The minimum atomic E-state index is -0.480. The van der Waals surface area contributed by atoms with Crippen LogP contribution in [0.2, 0.25) is 0 Å². The van der Waals surface area contributed by atoms with Crippen molar-refractivity contribution < 1.29 is 13.9 Å². The summed E-state index contributed by atoms with van der Waals surface area (Å²) in [5.41, 5.74) is 9.50. The number of ether oxygens (including phenoxy) is 2. The molecule has 2 N–H and O–H groups in total. The van der Waals surface area contributed by atoms with Gasteiger partial charge in [-0.15, -0.1) is 0 Å². The van der Waals surface area contributed by atoms with Gasteiger partial charge in [0, 0.05) is 48.0 Å². The molecule has 0 atom stereocenters. The maximum absolute atomic E-state index is 14.2. The molecule has 2 aromatic heterocycles. The molecule has 0 amide bonds. The number of nitrogen functional groups attached to an aromatic ring is 1. The maximum atomic E-state index is 14.2. The number of rotatable bonds is 7. The summed E-state index contributed by atoms with van der Waals surface area (Å²) in [4.78, 5) is 8.24. The lowest BCUT2D eigenvalue weighted by molar-refractivity contribution is 0.301. The molecule has 4 aromatic rings. The number of halogens is 1. The highest BCUT2D eigenvalue weighted by Crippen LogP contribution is 2.31. The number of aromatic nitrogens is 3. The van der Waals surface area contributed by atoms with Crippen LogP contribution in [0.5, 0.6) is 17.2 Å². The zero-order chi connectivity index (χ0) is 24.2. The van der Waals surface area contributed by atoms with Gasteiger partial charge in [0.2, 0.25) is 0 Å². The molecule has 0 saturated carbocycles. The largest absolute Gasteiger partial charge is 0.489 e. The summed E-state index contributed by atoms with van der Waals surface area (Å²) in [5, 5.41) is 9.56. The summed E-state index contributed by atoms with van der Waals surface area (Å²) in [5.74, 6) is 1.52. The molecule has 0 unspecified atom stereocenters. The van der Waals surface area contributed by atoms with Crippen LogP contribution in [0.4, 0.5) is 10.1 Å². The van der Waals surface area contributed by atoms with Crippen LogP contribution in [0.3, 0.4) is 0 Å². The van der Waals surface area contributed by atoms with E-state index in [1.165, 1.54) is 12.1 Å². The van der Waals surface area contributed by atoms with Crippen molar-refractivity contribution >= 4 is 5.69 Å². The highest BCUT2D eigenvalue weighted by atomic mass is 19.1. The topological polar surface area (TPSA) is 99.0 Å². The standard InChI is InChI=1S/C26H24FN5O2/c1-16(2)24-14-32(25(11-28)26(24)29)20-4-6-21(7-5-20)34-23-9-19(27)8-22(10-23)33-15-18-12-30-17(3)31-13-18/h4-10,12-14,16H,15,29H2,1-3H3. The van der Waals surface area contributed by atoms with Crippen LogP contribution in [-0.2, 0) is 6.61 Å². The lowest BCUT2D eigenvalue weighted by atomic mass is 10.1. The Labute approximate surface area is 197 Å². The molecule has 4 rings (SSSR count). The first-order valence-corrected chi connectivity index (χ1v) is 10.7. The number of nitrogens with zero attached hydrogens (tertiary/aromatic N) is 4. The van der Waals surface area contributed by atoms with Crippen LogP contribution >= 0.6 is 0 Å². The Morgan fingerprint density at radius 3 is 2.38 bits per heavy atom. The predicted molar refractivity (Wildman–Crippen MR) is 127 cm³/mol. The molecule has 0 spiro atoms. The van der Waals surface area contributed by atoms with Gasteiger partial charge in [-0.25, -0.2) is 14.4 Å². The number of hydrogen-bond donors (Lipinski definition) is 1. The Balaban J connectivity index is 1.50. The van der Waals surface area contributed by atoms with Crippen LogP contribution in [0, 0.1) is 24.1 Å². The quantitative estimate of drug-likeness (QED) is 0.384. The molecule has 0 aliphatic carbocycles. The number of aryl methyl sites for hydroxylation is 1. The van der Waals surface area contributed by atoms with Gasteiger partial charge in [0.1, 0.15) is 47.3 Å². The van der Waals surface area contributed by atoms with Gasteiger partial charge >= 0.3 is 0 Å². The van der Waals surface area contributed by atoms with Crippen molar-refractivity contribution in [2.24, 2.45) is 0 Å². The number of anilines is 1. The molecule has 0 bridgehead atoms.